The van der Waals surface area contributed by atoms with Crippen LogP contribution < -0.4 is 10.9 Å². The topological polar surface area (TPSA) is 93.0 Å². The second-order valence-electron chi connectivity index (χ2n) is 8.60. The summed E-state index contributed by atoms with van der Waals surface area (Å²) in [6.07, 6.45) is 3.25. The van der Waals surface area contributed by atoms with E-state index in [9.17, 15) is 22.8 Å². The molecule has 0 aliphatic rings. The Morgan fingerprint density at radius 1 is 0.946 bits per heavy atom. The van der Waals surface area contributed by atoms with Gasteiger partial charge < -0.3 is 10.2 Å². The number of rotatable bonds is 8. The maximum Gasteiger partial charge on any atom is 0.267 e. The fraction of sp³-hybridized carbons (Fsp3) is 0.192. The lowest BCUT2D eigenvalue weighted by atomic mass is 10.1. The van der Waals surface area contributed by atoms with Gasteiger partial charge in [0.1, 0.15) is 0 Å². The van der Waals surface area contributed by atoms with E-state index >= 15 is 0 Å². The first kappa shape index (κ1) is 25.7. The smallest absolute Gasteiger partial charge is 0.267 e. The van der Waals surface area contributed by atoms with Gasteiger partial charge in [0, 0.05) is 41.7 Å². The lowest BCUT2D eigenvalue weighted by Gasteiger charge is -2.10. The summed E-state index contributed by atoms with van der Waals surface area (Å²) in [6, 6.07) is 11.4. The third-order valence-corrected chi connectivity index (χ3v) is 5.32. The first-order valence-corrected chi connectivity index (χ1v) is 11.2. The Bertz CT molecular complexity index is 1470. The zero-order chi connectivity index (χ0) is 26.5. The molecule has 0 unspecified atom stereocenters. The minimum Gasteiger partial charge on any atom is -0.351 e. The van der Waals surface area contributed by atoms with Crippen molar-refractivity contribution in [3.63, 3.8) is 0 Å². The van der Waals surface area contributed by atoms with Gasteiger partial charge in [-0.15, -0.1) is 0 Å². The van der Waals surface area contributed by atoms with Crippen molar-refractivity contribution in [2.24, 2.45) is 0 Å². The fourth-order valence-corrected chi connectivity index (χ4v) is 3.54. The van der Waals surface area contributed by atoms with E-state index in [1.807, 2.05) is 20.2 Å². The van der Waals surface area contributed by atoms with E-state index in [4.69, 9.17) is 0 Å². The quantitative estimate of drug-likeness (QED) is 0.368. The van der Waals surface area contributed by atoms with Crippen LogP contribution in [0.4, 0.5) is 13.2 Å². The van der Waals surface area contributed by atoms with Crippen molar-refractivity contribution in [3.8, 4) is 22.6 Å². The van der Waals surface area contributed by atoms with Gasteiger partial charge in [0.2, 0.25) is 5.91 Å². The number of amides is 1. The van der Waals surface area contributed by atoms with Crippen LogP contribution in [0.2, 0.25) is 0 Å². The highest BCUT2D eigenvalue weighted by atomic mass is 19.2. The minimum atomic E-state index is -1.57. The van der Waals surface area contributed by atoms with Gasteiger partial charge in [-0.25, -0.2) is 27.8 Å². The Labute approximate surface area is 210 Å². The number of nitrogens with zero attached hydrogens (tertiary/aromatic N) is 5. The Hall–Kier alpha value is -4.38. The zero-order valence-corrected chi connectivity index (χ0v) is 20.1. The highest BCUT2D eigenvalue weighted by Crippen LogP contribution is 2.22. The van der Waals surface area contributed by atoms with Crippen LogP contribution in [0.25, 0.3) is 22.6 Å². The Morgan fingerprint density at radius 2 is 1.65 bits per heavy atom. The van der Waals surface area contributed by atoms with Crippen LogP contribution in [-0.4, -0.2) is 51.2 Å². The summed E-state index contributed by atoms with van der Waals surface area (Å²) in [6.45, 7) is 0.659. The summed E-state index contributed by atoms with van der Waals surface area (Å²) in [7, 11) is 3.62. The third-order valence-electron chi connectivity index (χ3n) is 5.32. The number of nitrogens with one attached hydrogen (secondary N) is 1. The standard InChI is InChI=1S/C26H23F3N6O2/c1-34(2)15-23(36)30-11-17-12-31-26(32-13-17)18-5-3-4-16(8-18)14-35-24(37)7-6-22(33-35)19-9-20(27)25(29)21(28)10-19/h3-10,12-13H,11,14-15H2,1-2H3,(H,30,36). The molecule has 190 valence electrons. The molecule has 8 nitrogen and oxygen atoms in total. The van der Waals surface area contributed by atoms with Crippen LogP contribution in [0.3, 0.4) is 0 Å². The van der Waals surface area contributed by atoms with Crippen LogP contribution in [0.15, 0.2) is 65.7 Å². The molecule has 0 bridgehead atoms. The molecular formula is C26H23F3N6O2. The number of halogens is 3. The van der Waals surface area contributed by atoms with E-state index < -0.39 is 23.0 Å². The molecule has 1 amide bonds. The van der Waals surface area contributed by atoms with Gasteiger partial charge in [0.15, 0.2) is 23.3 Å². The zero-order valence-electron chi connectivity index (χ0n) is 20.1. The molecule has 0 saturated carbocycles. The lowest BCUT2D eigenvalue weighted by molar-refractivity contribution is -0.121. The van der Waals surface area contributed by atoms with E-state index in [0.29, 0.717) is 23.5 Å². The highest BCUT2D eigenvalue weighted by molar-refractivity contribution is 5.77. The van der Waals surface area contributed by atoms with E-state index in [1.54, 1.807) is 35.5 Å². The van der Waals surface area contributed by atoms with Crippen LogP contribution >= 0.6 is 0 Å². The number of carbonyl (C=O) groups excluding carboxylic acids is 1. The van der Waals surface area contributed by atoms with Crippen molar-refractivity contribution < 1.29 is 18.0 Å². The van der Waals surface area contributed by atoms with Crippen molar-refractivity contribution in [2.45, 2.75) is 13.1 Å². The van der Waals surface area contributed by atoms with Gasteiger partial charge in [0.05, 0.1) is 18.8 Å². The molecule has 4 aromatic rings. The molecule has 0 spiro atoms. The van der Waals surface area contributed by atoms with Crippen LogP contribution in [-0.2, 0) is 17.9 Å². The molecule has 4 rings (SSSR count). The average molecular weight is 509 g/mol. The molecule has 0 radical (unpaired) electrons. The van der Waals surface area contributed by atoms with Gasteiger partial charge in [-0.3, -0.25) is 9.59 Å². The maximum atomic E-state index is 13.7. The van der Waals surface area contributed by atoms with Crippen molar-refractivity contribution in [3.05, 3.63) is 99.9 Å². The Morgan fingerprint density at radius 3 is 2.32 bits per heavy atom. The Kier molecular flexibility index (Phi) is 7.73. The molecule has 1 N–H and O–H groups in total. The van der Waals surface area contributed by atoms with Crippen molar-refractivity contribution in [1.82, 2.24) is 30.0 Å². The highest BCUT2D eigenvalue weighted by Gasteiger charge is 2.14. The summed E-state index contributed by atoms with van der Waals surface area (Å²) in [5, 5.41) is 6.99. The van der Waals surface area contributed by atoms with Crippen molar-refractivity contribution in [1.29, 1.82) is 0 Å². The van der Waals surface area contributed by atoms with E-state index in [1.165, 1.54) is 12.1 Å². The predicted octanol–water partition coefficient (Wildman–Crippen LogP) is 3.01. The van der Waals surface area contributed by atoms with Gasteiger partial charge >= 0.3 is 0 Å². The number of carbonyl (C=O) groups is 1. The number of likely N-dealkylation sites (N-methyl/N-ethyl adjacent to an activating group) is 1. The van der Waals surface area contributed by atoms with E-state index in [0.717, 1.165) is 22.4 Å². The van der Waals surface area contributed by atoms with Crippen LogP contribution in [0, 0.1) is 17.5 Å². The largest absolute Gasteiger partial charge is 0.351 e. The number of hydrogen-bond donors (Lipinski definition) is 1. The summed E-state index contributed by atoms with van der Waals surface area (Å²) >= 11 is 0. The number of benzene rings is 2. The third kappa shape index (κ3) is 6.44. The second-order valence-corrected chi connectivity index (χ2v) is 8.60. The Balaban J connectivity index is 1.51. The maximum absolute atomic E-state index is 13.7. The van der Waals surface area contributed by atoms with Crippen LogP contribution in [0.5, 0.6) is 0 Å². The fourth-order valence-electron chi connectivity index (χ4n) is 3.54. The molecule has 2 aromatic carbocycles. The number of hydrogen-bond acceptors (Lipinski definition) is 6. The molecule has 2 heterocycles. The predicted molar refractivity (Wildman–Crippen MR) is 131 cm³/mol. The van der Waals surface area contributed by atoms with Gasteiger partial charge in [-0.2, -0.15) is 5.10 Å². The average Bonchev–Trinajstić information content (AvgIpc) is 2.87. The summed E-state index contributed by atoms with van der Waals surface area (Å²) in [4.78, 5) is 34.7. The number of aromatic nitrogens is 4. The van der Waals surface area contributed by atoms with E-state index in [2.05, 4.69) is 20.4 Å². The SMILES string of the molecule is CN(C)CC(=O)NCc1cnc(-c2cccc(Cn3nc(-c4cc(F)c(F)c(F)c4)ccc3=O)c2)nc1. The molecule has 0 aliphatic heterocycles. The van der Waals surface area contributed by atoms with Crippen LogP contribution in [0.1, 0.15) is 11.1 Å². The van der Waals surface area contributed by atoms with Crippen molar-refractivity contribution in [2.75, 3.05) is 20.6 Å². The van der Waals surface area contributed by atoms with E-state index in [-0.39, 0.29) is 30.3 Å². The lowest BCUT2D eigenvalue weighted by Crippen LogP contribution is -2.32. The second kappa shape index (κ2) is 11.1. The molecule has 11 heteroatoms. The molecule has 2 aromatic heterocycles. The van der Waals surface area contributed by atoms with Gasteiger partial charge in [0.25, 0.3) is 5.56 Å². The van der Waals surface area contributed by atoms with Gasteiger partial charge in [-0.1, -0.05) is 18.2 Å². The minimum absolute atomic E-state index is 0.00490. The normalized spacial score (nSPS) is 11.1. The monoisotopic (exact) mass is 508 g/mol. The van der Waals surface area contributed by atoms with Gasteiger partial charge in [-0.05, 0) is 43.9 Å². The summed E-state index contributed by atoms with van der Waals surface area (Å²) < 4.78 is 41.8. The molecule has 37 heavy (non-hydrogen) atoms. The first-order chi connectivity index (χ1) is 17.7. The van der Waals surface area contributed by atoms with Crippen molar-refractivity contribution >= 4 is 5.91 Å². The molecular weight excluding hydrogens is 485 g/mol. The summed E-state index contributed by atoms with van der Waals surface area (Å²) in [5.74, 6) is -3.91. The first-order valence-electron chi connectivity index (χ1n) is 11.2. The molecule has 0 saturated heterocycles. The molecule has 0 atom stereocenters. The molecule has 0 aliphatic carbocycles. The molecule has 0 fully saturated rings. The summed E-state index contributed by atoms with van der Waals surface area (Å²) in [5.41, 5.74) is 1.86.